The van der Waals surface area contributed by atoms with E-state index in [1.54, 1.807) is 12.1 Å². The van der Waals surface area contributed by atoms with E-state index in [1.165, 1.54) is 4.90 Å². The smallest absolute Gasteiger partial charge is 0.295 e. The molecule has 1 fully saturated rings. The van der Waals surface area contributed by atoms with Crippen LogP contribution in [-0.4, -0.2) is 27.8 Å². The maximum atomic E-state index is 13.5. The number of amides is 1. The maximum absolute atomic E-state index is 13.5. The van der Waals surface area contributed by atoms with Gasteiger partial charge in [-0.05, 0) is 66.1 Å². The SMILES string of the molecule is C[C@@H]1Cc2cc(/C(O)=C3\C(=O)C(=O)N(Cc4ccccc4)[C@H]3c3cccc(Oc4ccccc4)c3)ccc2O1. The molecule has 6 heteroatoms. The lowest BCUT2D eigenvalue weighted by Gasteiger charge is -2.26. The topological polar surface area (TPSA) is 76.1 Å². The second-order valence-electron chi connectivity index (χ2n) is 9.86. The maximum Gasteiger partial charge on any atom is 0.295 e. The minimum atomic E-state index is -0.798. The Morgan fingerprint density at radius 2 is 1.62 bits per heavy atom. The summed E-state index contributed by atoms with van der Waals surface area (Å²) >= 11 is 0. The van der Waals surface area contributed by atoms with Crippen molar-refractivity contribution in [2.45, 2.75) is 32.0 Å². The highest BCUT2D eigenvalue weighted by Crippen LogP contribution is 2.42. The van der Waals surface area contributed by atoms with E-state index >= 15 is 0 Å². The summed E-state index contributed by atoms with van der Waals surface area (Å²) in [6.07, 6.45) is 0.752. The third-order valence-electron chi connectivity index (χ3n) is 7.06. The number of carbonyl (C=O) groups is 2. The number of aliphatic hydroxyl groups excluding tert-OH is 1. The number of fused-ring (bicyclic) bond motifs is 1. The molecule has 2 heterocycles. The van der Waals surface area contributed by atoms with Crippen molar-refractivity contribution in [3.63, 3.8) is 0 Å². The van der Waals surface area contributed by atoms with E-state index in [4.69, 9.17) is 9.47 Å². The summed E-state index contributed by atoms with van der Waals surface area (Å²) in [5.41, 5.74) is 3.04. The predicted octanol–water partition coefficient (Wildman–Crippen LogP) is 6.42. The number of Topliss-reactive ketones (excluding diaryl/α,β-unsaturated/α-hetero) is 1. The van der Waals surface area contributed by atoms with Crippen LogP contribution in [0.25, 0.3) is 5.76 Å². The lowest BCUT2D eigenvalue weighted by Crippen LogP contribution is -2.29. The van der Waals surface area contributed by atoms with E-state index in [1.807, 2.05) is 97.9 Å². The average molecular weight is 518 g/mol. The first-order chi connectivity index (χ1) is 19.0. The lowest BCUT2D eigenvalue weighted by atomic mass is 9.94. The summed E-state index contributed by atoms with van der Waals surface area (Å²) in [6, 6.07) is 30.8. The molecular formula is C33H27NO5. The van der Waals surface area contributed by atoms with Crippen LogP contribution in [-0.2, 0) is 22.6 Å². The molecule has 6 nitrogen and oxygen atoms in total. The van der Waals surface area contributed by atoms with Gasteiger partial charge < -0.3 is 19.5 Å². The molecule has 2 aliphatic heterocycles. The number of benzene rings is 4. The third-order valence-corrected chi connectivity index (χ3v) is 7.06. The van der Waals surface area contributed by atoms with Gasteiger partial charge in [0.25, 0.3) is 11.7 Å². The van der Waals surface area contributed by atoms with Gasteiger partial charge in [0, 0.05) is 18.5 Å². The van der Waals surface area contributed by atoms with E-state index in [9.17, 15) is 14.7 Å². The number of ether oxygens (including phenoxy) is 2. The van der Waals surface area contributed by atoms with Crippen molar-refractivity contribution in [1.82, 2.24) is 4.90 Å². The zero-order chi connectivity index (χ0) is 26.9. The summed E-state index contributed by atoms with van der Waals surface area (Å²) in [5.74, 6) is 0.428. The van der Waals surface area contributed by atoms with Crippen LogP contribution in [0.2, 0.25) is 0 Å². The lowest BCUT2D eigenvalue weighted by molar-refractivity contribution is -0.140. The van der Waals surface area contributed by atoms with Gasteiger partial charge in [-0.2, -0.15) is 0 Å². The van der Waals surface area contributed by atoms with Crippen LogP contribution in [0.15, 0.2) is 109 Å². The van der Waals surface area contributed by atoms with Gasteiger partial charge in [-0.25, -0.2) is 0 Å². The van der Waals surface area contributed by atoms with E-state index in [0.29, 0.717) is 29.0 Å². The number of rotatable bonds is 6. The molecule has 194 valence electrons. The Kier molecular flexibility index (Phi) is 6.37. The summed E-state index contributed by atoms with van der Waals surface area (Å²) < 4.78 is 11.8. The molecule has 1 amide bonds. The zero-order valence-electron chi connectivity index (χ0n) is 21.4. The fourth-order valence-electron chi connectivity index (χ4n) is 5.27. The number of nitrogens with zero attached hydrogens (tertiary/aromatic N) is 1. The molecule has 2 aliphatic rings. The van der Waals surface area contributed by atoms with E-state index in [2.05, 4.69) is 0 Å². The number of carbonyl (C=O) groups excluding carboxylic acids is 2. The van der Waals surface area contributed by atoms with Gasteiger partial charge in [-0.15, -0.1) is 0 Å². The van der Waals surface area contributed by atoms with Crippen LogP contribution in [0.3, 0.4) is 0 Å². The van der Waals surface area contributed by atoms with Crippen molar-refractivity contribution < 1.29 is 24.2 Å². The van der Waals surface area contributed by atoms with Gasteiger partial charge in [0.1, 0.15) is 29.1 Å². The largest absolute Gasteiger partial charge is 0.507 e. The molecule has 1 N–H and O–H groups in total. The van der Waals surface area contributed by atoms with E-state index in [0.717, 1.165) is 16.9 Å². The monoisotopic (exact) mass is 517 g/mol. The third kappa shape index (κ3) is 4.77. The second kappa shape index (κ2) is 10.1. The Bertz CT molecular complexity index is 1580. The Balaban J connectivity index is 1.45. The zero-order valence-corrected chi connectivity index (χ0v) is 21.4. The standard InChI is InChI=1S/C33H27NO5/c1-21-17-25-18-24(15-16-28(25)38-21)31(35)29-30(34(33(37)32(29)36)20-22-9-4-2-5-10-22)23-11-8-14-27(19-23)39-26-12-6-3-7-13-26/h2-16,18-19,21,30,35H,17,20H2,1H3/b31-29+/t21-,30+/m1/s1. The molecule has 39 heavy (non-hydrogen) atoms. The van der Waals surface area contributed by atoms with Gasteiger partial charge in [0.2, 0.25) is 0 Å². The van der Waals surface area contributed by atoms with Gasteiger partial charge in [-0.3, -0.25) is 9.59 Å². The van der Waals surface area contributed by atoms with Crippen molar-refractivity contribution in [3.8, 4) is 17.2 Å². The van der Waals surface area contributed by atoms with Crippen molar-refractivity contribution in [2.24, 2.45) is 0 Å². The summed E-state index contributed by atoms with van der Waals surface area (Å²) in [7, 11) is 0. The highest BCUT2D eigenvalue weighted by atomic mass is 16.5. The predicted molar refractivity (Wildman–Crippen MR) is 147 cm³/mol. The number of para-hydroxylation sites is 1. The van der Waals surface area contributed by atoms with Crippen LogP contribution < -0.4 is 9.47 Å². The Morgan fingerprint density at radius 1 is 0.897 bits per heavy atom. The molecule has 4 aromatic rings. The fraction of sp³-hybridized carbons (Fsp3) is 0.152. The minimum absolute atomic E-state index is 0.0428. The van der Waals surface area contributed by atoms with E-state index < -0.39 is 17.7 Å². The van der Waals surface area contributed by atoms with Crippen LogP contribution in [0.4, 0.5) is 0 Å². The molecule has 6 rings (SSSR count). The molecule has 0 unspecified atom stereocenters. The van der Waals surface area contributed by atoms with Crippen molar-refractivity contribution in [2.75, 3.05) is 0 Å². The van der Waals surface area contributed by atoms with Gasteiger partial charge in [0.15, 0.2) is 0 Å². The van der Waals surface area contributed by atoms with Crippen LogP contribution in [0.1, 0.15) is 35.2 Å². The summed E-state index contributed by atoms with van der Waals surface area (Å²) in [4.78, 5) is 28.4. The second-order valence-corrected chi connectivity index (χ2v) is 9.86. The molecule has 0 saturated carbocycles. The molecule has 0 bridgehead atoms. The highest BCUT2D eigenvalue weighted by Gasteiger charge is 2.46. The van der Waals surface area contributed by atoms with Gasteiger partial charge >= 0.3 is 0 Å². The summed E-state index contributed by atoms with van der Waals surface area (Å²) in [6.45, 7) is 2.20. The van der Waals surface area contributed by atoms with Crippen LogP contribution in [0, 0.1) is 0 Å². The van der Waals surface area contributed by atoms with E-state index in [-0.39, 0.29) is 24.0 Å². The molecular weight excluding hydrogens is 490 g/mol. The Hall–Kier alpha value is -4.84. The molecule has 1 saturated heterocycles. The quantitative estimate of drug-likeness (QED) is 0.181. The number of ketones is 1. The average Bonchev–Trinajstić information content (AvgIpc) is 3.45. The normalized spacial score (nSPS) is 19.6. The number of hydrogen-bond acceptors (Lipinski definition) is 5. The number of likely N-dealkylation sites (tertiary alicyclic amines) is 1. The fourth-order valence-corrected chi connectivity index (χ4v) is 5.27. The van der Waals surface area contributed by atoms with Crippen LogP contribution >= 0.6 is 0 Å². The summed E-state index contributed by atoms with van der Waals surface area (Å²) in [5, 5.41) is 11.5. The van der Waals surface area contributed by atoms with Gasteiger partial charge in [0.05, 0.1) is 11.6 Å². The minimum Gasteiger partial charge on any atom is -0.507 e. The first-order valence-corrected chi connectivity index (χ1v) is 12.9. The van der Waals surface area contributed by atoms with Crippen molar-refractivity contribution in [1.29, 1.82) is 0 Å². The highest BCUT2D eigenvalue weighted by molar-refractivity contribution is 6.46. The molecule has 0 aliphatic carbocycles. The number of hydrogen-bond donors (Lipinski definition) is 1. The Labute approximate surface area is 226 Å². The van der Waals surface area contributed by atoms with Gasteiger partial charge in [-0.1, -0.05) is 60.7 Å². The first kappa shape index (κ1) is 24.5. The molecule has 4 aromatic carbocycles. The Morgan fingerprint density at radius 3 is 2.38 bits per heavy atom. The van der Waals surface area contributed by atoms with Crippen molar-refractivity contribution in [3.05, 3.63) is 131 Å². The molecule has 0 radical (unpaired) electrons. The molecule has 0 aromatic heterocycles. The number of aliphatic hydroxyl groups is 1. The molecule has 0 spiro atoms. The molecule has 2 atom stereocenters. The van der Waals surface area contributed by atoms with Crippen LogP contribution in [0.5, 0.6) is 17.2 Å². The van der Waals surface area contributed by atoms with Crippen molar-refractivity contribution >= 4 is 17.4 Å². The first-order valence-electron chi connectivity index (χ1n) is 12.9.